The Morgan fingerprint density at radius 2 is 2.00 bits per heavy atom. The Hall–Kier alpha value is -1.58. The maximum atomic E-state index is 6.04. The lowest BCUT2D eigenvalue weighted by atomic mass is 10.2. The normalized spacial score (nSPS) is 10.2. The zero-order valence-electron chi connectivity index (χ0n) is 9.27. The molecule has 0 atom stereocenters. The first-order chi connectivity index (χ1) is 8.31. The minimum Gasteiger partial charge on any atom is -0.487 e. The van der Waals surface area contributed by atoms with Crippen LogP contribution in [0.3, 0.4) is 0 Å². The summed E-state index contributed by atoms with van der Waals surface area (Å²) < 4.78 is 5.67. The second kappa shape index (κ2) is 5.66. The van der Waals surface area contributed by atoms with Crippen molar-refractivity contribution < 1.29 is 4.74 Å². The van der Waals surface area contributed by atoms with E-state index in [4.69, 9.17) is 22.1 Å². The maximum Gasteiger partial charge on any atom is 0.142 e. The molecule has 1 aromatic heterocycles. The van der Waals surface area contributed by atoms with Gasteiger partial charge in [-0.25, -0.2) is 0 Å². The third kappa shape index (κ3) is 2.96. The van der Waals surface area contributed by atoms with Crippen molar-refractivity contribution in [1.82, 2.24) is 4.98 Å². The second-order valence-corrected chi connectivity index (χ2v) is 3.94. The molecule has 88 valence electrons. The number of nitrogens with zero attached hydrogens (tertiary/aromatic N) is 1. The van der Waals surface area contributed by atoms with Crippen molar-refractivity contribution in [3.63, 3.8) is 0 Å². The molecule has 4 heteroatoms. The van der Waals surface area contributed by atoms with E-state index in [0.717, 1.165) is 11.3 Å². The second-order valence-electron chi connectivity index (χ2n) is 3.53. The third-order valence-corrected chi connectivity index (χ3v) is 2.75. The molecule has 17 heavy (non-hydrogen) atoms. The number of benzene rings is 1. The zero-order valence-corrected chi connectivity index (χ0v) is 10.0. The molecule has 0 unspecified atom stereocenters. The standard InChI is InChI=1S/C13H13ClN2O/c14-11-5-2-1-4-10(11)9-17-13-6-3-7-16-12(13)8-15/h1-7H,8-9,15H2. The summed E-state index contributed by atoms with van der Waals surface area (Å²) in [5.41, 5.74) is 7.28. The van der Waals surface area contributed by atoms with Crippen molar-refractivity contribution in [1.29, 1.82) is 0 Å². The van der Waals surface area contributed by atoms with Crippen molar-refractivity contribution >= 4 is 11.6 Å². The molecule has 0 saturated heterocycles. The first-order valence-electron chi connectivity index (χ1n) is 5.31. The molecule has 0 aliphatic heterocycles. The van der Waals surface area contributed by atoms with Gasteiger partial charge in [0.05, 0.1) is 5.69 Å². The van der Waals surface area contributed by atoms with Gasteiger partial charge in [-0.15, -0.1) is 0 Å². The van der Waals surface area contributed by atoms with Crippen molar-refractivity contribution in [2.24, 2.45) is 5.73 Å². The number of ether oxygens (including phenoxy) is 1. The lowest BCUT2D eigenvalue weighted by Crippen LogP contribution is -2.04. The largest absolute Gasteiger partial charge is 0.487 e. The third-order valence-electron chi connectivity index (χ3n) is 2.38. The van der Waals surface area contributed by atoms with E-state index in [0.29, 0.717) is 23.9 Å². The van der Waals surface area contributed by atoms with E-state index in [1.54, 1.807) is 6.20 Å². The minimum atomic E-state index is 0.360. The molecule has 0 radical (unpaired) electrons. The fourth-order valence-corrected chi connectivity index (χ4v) is 1.67. The Morgan fingerprint density at radius 1 is 1.18 bits per heavy atom. The van der Waals surface area contributed by atoms with E-state index in [1.807, 2.05) is 36.4 Å². The van der Waals surface area contributed by atoms with Crippen LogP contribution in [0, 0.1) is 0 Å². The summed E-state index contributed by atoms with van der Waals surface area (Å²) in [6, 6.07) is 11.3. The van der Waals surface area contributed by atoms with Crippen molar-refractivity contribution in [2.75, 3.05) is 0 Å². The Balaban J connectivity index is 2.10. The molecule has 2 aromatic rings. The van der Waals surface area contributed by atoms with Crippen LogP contribution in [0.25, 0.3) is 0 Å². The summed E-state index contributed by atoms with van der Waals surface area (Å²) in [4.78, 5) is 4.15. The SMILES string of the molecule is NCc1ncccc1OCc1ccccc1Cl. The lowest BCUT2D eigenvalue weighted by molar-refractivity contribution is 0.301. The van der Waals surface area contributed by atoms with Crippen LogP contribution in [0.1, 0.15) is 11.3 Å². The van der Waals surface area contributed by atoms with E-state index < -0.39 is 0 Å². The molecule has 0 spiro atoms. The van der Waals surface area contributed by atoms with Crippen LogP contribution in [0.5, 0.6) is 5.75 Å². The van der Waals surface area contributed by atoms with Gasteiger partial charge in [-0.3, -0.25) is 4.98 Å². The number of aromatic nitrogens is 1. The Labute approximate surface area is 105 Å². The van der Waals surface area contributed by atoms with Gasteiger partial charge in [-0.05, 0) is 18.2 Å². The Morgan fingerprint density at radius 3 is 2.76 bits per heavy atom. The highest BCUT2D eigenvalue weighted by molar-refractivity contribution is 6.31. The van der Waals surface area contributed by atoms with Crippen LogP contribution in [0.15, 0.2) is 42.6 Å². The highest BCUT2D eigenvalue weighted by atomic mass is 35.5. The quantitative estimate of drug-likeness (QED) is 0.905. The fraction of sp³-hybridized carbons (Fsp3) is 0.154. The molecule has 2 N–H and O–H groups in total. The van der Waals surface area contributed by atoms with Crippen molar-refractivity contribution in [3.8, 4) is 5.75 Å². The molecule has 0 amide bonds. The van der Waals surface area contributed by atoms with E-state index >= 15 is 0 Å². The molecule has 0 fully saturated rings. The van der Waals surface area contributed by atoms with Crippen LogP contribution < -0.4 is 10.5 Å². The molecule has 1 aromatic carbocycles. The summed E-state index contributed by atoms with van der Waals surface area (Å²) in [7, 11) is 0. The summed E-state index contributed by atoms with van der Waals surface area (Å²) in [6.07, 6.45) is 1.70. The van der Waals surface area contributed by atoms with Crippen molar-refractivity contribution in [3.05, 3.63) is 58.9 Å². The molecule has 0 aliphatic rings. The number of hydrogen-bond donors (Lipinski definition) is 1. The molecular formula is C13H13ClN2O. The fourth-order valence-electron chi connectivity index (χ4n) is 1.48. The molecule has 0 bridgehead atoms. The number of pyridine rings is 1. The van der Waals surface area contributed by atoms with Gasteiger partial charge >= 0.3 is 0 Å². The summed E-state index contributed by atoms with van der Waals surface area (Å²) in [5.74, 6) is 0.704. The van der Waals surface area contributed by atoms with Gasteiger partial charge in [0, 0.05) is 23.3 Å². The van der Waals surface area contributed by atoms with Gasteiger partial charge in [-0.2, -0.15) is 0 Å². The van der Waals surface area contributed by atoms with Crippen LogP contribution in [0.2, 0.25) is 5.02 Å². The molecule has 1 heterocycles. The van der Waals surface area contributed by atoms with Crippen LogP contribution in [0.4, 0.5) is 0 Å². The number of hydrogen-bond acceptors (Lipinski definition) is 3. The molecule has 0 aliphatic carbocycles. The number of nitrogens with two attached hydrogens (primary N) is 1. The van der Waals surface area contributed by atoms with E-state index in [9.17, 15) is 0 Å². The van der Waals surface area contributed by atoms with Crippen molar-refractivity contribution in [2.45, 2.75) is 13.2 Å². The van der Waals surface area contributed by atoms with Gasteiger partial charge in [-0.1, -0.05) is 29.8 Å². The lowest BCUT2D eigenvalue weighted by Gasteiger charge is -2.10. The van der Waals surface area contributed by atoms with Crippen LogP contribution in [-0.4, -0.2) is 4.98 Å². The highest BCUT2D eigenvalue weighted by Gasteiger charge is 2.04. The minimum absolute atomic E-state index is 0.360. The molecule has 0 saturated carbocycles. The zero-order chi connectivity index (χ0) is 12.1. The number of halogens is 1. The van der Waals surface area contributed by atoms with Crippen LogP contribution in [-0.2, 0) is 13.2 Å². The summed E-state index contributed by atoms with van der Waals surface area (Å²) in [6.45, 7) is 0.775. The smallest absolute Gasteiger partial charge is 0.142 e. The monoisotopic (exact) mass is 248 g/mol. The highest BCUT2D eigenvalue weighted by Crippen LogP contribution is 2.20. The van der Waals surface area contributed by atoms with Crippen LogP contribution >= 0.6 is 11.6 Å². The Bertz CT molecular complexity index is 502. The van der Waals surface area contributed by atoms with E-state index in [2.05, 4.69) is 4.98 Å². The molecular weight excluding hydrogens is 236 g/mol. The van der Waals surface area contributed by atoms with E-state index in [1.165, 1.54) is 0 Å². The summed E-state index contributed by atoms with van der Waals surface area (Å²) in [5, 5.41) is 0.700. The van der Waals surface area contributed by atoms with Gasteiger partial charge in [0.25, 0.3) is 0 Å². The average Bonchev–Trinajstić information content (AvgIpc) is 2.38. The van der Waals surface area contributed by atoms with Gasteiger partial charge < -0.3 is 10.5 Å². The molecule has 3 nitrogen and oxygen atoms in total. The van der Waals surface area contributed by atoms with E-state index in [-0.39, 0.29) is 0 Å². The molecule has 2 rings (SSSR count). The predicted molar refractivity (Wildman–Crippen MR) is 67.9 cm³/mol. The first-order valence-corrected chi connectivity index (χ1v) is 5.69. The summed E-state index contributed by atoms with van der Waals surface area (Å²) >= 11 is 6.04. The first kappa shape index (κ1) is 11.9. The average molecular weight is 249 g/mol. The Kier molecular flexibility index (Phi) is 3.96. The predicted octanol–water partition coefficient (Wildman–Crippen LogP) is 2.77. The van der Waals surface area contributed by atoms with Gasteiger partial charge in [0.15, 0.2) is 0 Å². The number of rotatable bonds is 4. The topological polar surface area (TPSA) is 48.1 Å². The maximum absolute atomic E-state index is 6.04. The van der Waals surface area contributed by atoms with Gasteiger partial charge in [0.2, 0.25) is 0 Å². The van der Waals surface area contributed by atoms with Gasteiger partial charge in [0.1, 0.15) is 12.4 Å².